The molecule has 1 heterocycles. The Bertz CT molecular complexity index is 1070. The number of hydrogen-bond donors (Lipinski definition) is 3. The van der Waals surface area contributed by atoms with Gasteiger partial charge in [0.05, 0.1) is 23.3 Å². The number of methoxy groups -OCH3 is 1. The lowest BCUT2D eigenvalue weighted by Gasteiger charge is -2.22. The molecule has 1 fully saturated rings. The summed E-state index contributed by atoms with van der Waals surface area (Å²) in [5.74, 6) is -0.425. The van der Waals surface area contributed by atoms with E-state index in [0.29, 0.717) is 17.8 Å². The quantitative estimate of drug-likeness (QED) is 0.341. The summed E-state index contributed by atoms with van der Waals surface area (Å²) in [6.45, 7) is 2.00. The molecule has 3 rings (SSSR count). The van der Waals surface area contributed by atoms with Crippen LogP contribution in [0.15, 0.2) is 36.4 Å². The Morgan fingerprint density at radius 2 is 1.47 bits per heavy atom. The smallest absolute Gasteiger partial charge is 0.383 e. The van der Waals surface area contributed by atoms with Gasteiger partial charge in [-0.2, -0.15) is 26.3 Å². The highest BCUT2D eigenvalue weighted by Gasteiger charge is 2.37. The van der Waals surface area contributed by atoms with Crippen LogP contribution in [0.4, 0.5) is 48.2 Å². The predicted octanol–water partition coefficient (Wildman–Crippen LogP) is 5.34. The Kier molecular flexibility index (Phi) is 8.33. The maximum atomic E-state index is 13.1. The molecule has 0 aromatic heterocycles. The fourth-order valence-electron chi connectivity index (χ4n) is 3.71. The van der Waals surface area contributed by atoms with Crippen molar-refractivity contribution in [2.45, 2.75) is 25.2 Å². The summed E-state index contributed by atoms with van der Waals surface area (Å²) in [5.41, 5.74) is -2.79. The number of benzene rings is 2. The topological polar surface area (TPSA) is 82.7 Å². The normalized spacial score (nSPS) is 14.0. The van der Waals surface area contributed by atoms with E-state index in [1.807, 2.05) is 10.2 Å². The van der Waals surface area contributed by atoms with Gasteiger partial charge in [-0.05, 0) is 49.2 Å². The molecular formula is C23H24F6N4O3. The van der Waals surface area contributed by atoms with Gasteiger partial charge < -0.3 is 25.6 Å². The van der Waals surface area contributed by atoms with E-state index in [-0.39, 0.29) is 30.5 Å². The lowest BCUT2D eigenvalue weighted by molar-refractivity contribution is -0.143. The van der Waals surface area contributed by atoms with E-state index < -0.39 is 41.1 Å². The molecule has 2 aromatic carbocycles. The van der Waals surface area contributed by atoms with Crippen LogP contribution in [0.5, 0.6) is 0 Å². The van der Waals surface area contributed by atoms with E-state index >= 15 is 0 Å². The molecule has 0 radical (unpaired) electrons. The van der Waals surface area contributed by atoms with Gasteiger partial charge in [0.15, 0.2) is 0 Å². The van der Waals surface area contributed by atoms with Gasteiger partial charge in [0, 0.05) is 43.8 Å². The molecule has 0 unspecified atom stereocenters. The Balaban J connectivity index is 1.82. The van der Waals surface area contributed by atoms with Crippen molar-refractivity contribution >= 4 is 29.0 Å². The number of ether oxygens (including phenoxy) is 1. The molecule has 7 nitrogen and oxygen atoms in total. The summed E-state index contributed by atoms with van der Waals surface area (Å²) in [5, 5.41) is 7.04. The van der Waals surface area contributed by atoms with Crippen molar-refractivity contribution in [2.24, 2.45) is 0 Å². The van der Waals surface area contributed by atoms with Gasteiger partial charge in [-0.3, -0.25) is 4.79 Å². The van der Waals surface area contributed by atoms with Crippen LogP contribution in [0, 0.1) is 0 Å². The number of hydrogen-bond acceptors (Lipinski definition) is 4. The monoisotopic (exact) mass is 518 g/mol. The van der Waals surface area contributed by atoms with E-state index in [2.05, 4.69) is 10.6 Å². The maximum absolute atomic E-state index is 13.1. The van der Waals surface area contributed by atoms with Crippen molar-refractivity contribution in [1.82, 2.24) is 5.32 Å². The van der Waals surface area contributed by atoms with Crippen LogP contribution in [0.1, 0.15) is 34.3 Å². The summed E-state index contributed by atoms with van der Waals surface area (Å²) in [7, 11) is 1.48. The number of anilines is 3. The first-order valence-corrected chi connectivity index (χ1v) is 10.9. The van der Waals surface area contributed by atoms with Gasteiger partial charge in [0.2, 0.25) is 0 Å². The summed E-state index contributed by atoms with van der Waals surface area (Å²) in [6.07, 6.45) is -8.20. The van der Waals surface area contributed by atoms with E-state index in [0.717, 1.165) is 25.9 Å². The van der Waals surface area contributed by atoms with Crippen LogP contribution in [0.3, 0.4) is 0 Å². The van der Waals surface area contributed by atoms with E-state index in [9.17, 15) is 35.9 Å². The molecule has 3 N–H and O–H groups in total. The summed E-state index contributed by atoms with van der Waals surface area (Å²) in [4.78, 5) is 27.2. The van der Waals surface area contributed by atoms with Gasteiger partial charge >= 0.3 is 18.4 Å². The van der Waals surface area contributed by atoms with Crippen LogP contribution in [-0.4, -0.2) is 45.3 Å². The fourth-order valence-corrected chi connectivity index (χ4v) is 3.71. The van der Waals surface area contributed by atoms with Crippen LogP contribution < -0.4 is 20.9 Å². The number of amides is 3. The van der Waals surface area contributed by atoms with Crippen molar-refractivity contribution < 1.29 is 40.7 Å². The molecule has 0 atom stereocenters. The SMILES string of the molecule is COCCNC(=O)c1cc(NC(=O)Nc2cc(C(F)(F)F)cc(C(F)(F)F)c2)ccc1N1CCCC1. The third-order valence-electron chi connectivity index (χ3n) is 5.38. The molecule has 1 aliphatic heterocycles. The lowest BCUT2D eigenvalue weighted by atomic mass is 10.1. The number of urea groups is 1. The number of rotatable bonds is 7. The second-order valence-electron chi connectivity index (χ2n) is 8.05. The zero-order chi connectivity index (χ0) is 26.5. The molecule has 1 saturated heterocycles. The molecule has 0 saturated carbocycles. The summed E-state index contributed by atoms with van der Waals surface area (Å²) in [6, 6.07) is 4.20. The third kappa shape index (κ3) is 7.03. The zero-order valence-electron chi connectivity index (χ0n) is 19.1. The van der Waals surface area contributed by atoms with Gasteiger partial charge in [0.1, 0.15) is 0 Å². The van der Waals surface area contributed by atoms with Gasteiger partial charge in [-0.25, -0.2) is 4.79 Å². The lowest BCUT2D eigenvalue weighted by Crippen LogP contribution is -2.30. The van der Waals surface area contributed by atoms with Crippen LogP contribution in [-0.2, 0) is 17.1 Å². The minimum absolute atomic E-state index is 0.0331. The average Bonchev–Trinajstić information content (AvgIpc) is 3.32. The molecule has 0 bridgehead atoms. The number of carbonyl (C=O) groups is 2. The maximum Gasteiger partial charge on any atom is 0.416 e. The minimum Gasteiger partial charge on any atom is -0.383 e. The molecular weight excluding hydrogens is 494 g/mol. The Morgan fingerprint density at radius 3 is 2.03 bits per heavy atom. The minimum atomic E-state index is -5.05. The number of halogens is 6. The second-order valence-corrected chi connectivity index (χ2v) is 8.05. The first-order chi connectivity index (χ1) is 16.9. The molecule has 0 aliphatic carbocycles. The van der Waals surface area contributed by atoms with E-state index in [4.69, 9.17) is 4.74 Å². The van der Waals surface area contributed by atoms with E-state index in [1.54, 1.807) is 6.07 Å². The fraction of sp³-hybridized carbons (Fsp3) is 0.391. The Morgan fingerprint density at radius 1 is 0.889 bits per heavy atom. The molecule has 2 aromatic rings. The number of nitrogens with one attached hydrogen (secondary N) is 3. The number of carbonyl (C=O) groups excluding carboxylic acids is 2. The zero-order valence-corrected chi connectivity index (χ0v) is 19.1. The first-order valence-electron chi connectivity index (χ1n) is 10.9. The third-order valence-corrected chi connectivity index (χ3v) is 5.38. The molecule has 36 heavy (non-hydrogen) atoms. The summed E-state index contributed by atoms with van der Waals surface area (Å²) >= 11 is 0. The van der Waals surface area contributed by atoms with Crippen LogP contribution in [0.25, 0.3) is 0 Å². The van der Waals surface area contributed by atoms with Crippen molar-refractivity contribution in [3.63, 3.8) is 0 Å². The molecule has 3 amide bonds. The van der Waals surface area contributed by atoms with Crippen molar-refractivity contribution in [3.8, 4) is 0 Å². The highest BCUT2D eigenvalue weighted by atomic mass is 19.4. The largest absolute Gasteiger partial charge is 0.416 e. The number of alkyl halides is 6. The van der Waals surface area contributed by atoms with Crippen LogP contribution in [0.2, 0.25) is 0 Å². The Labute approximate surface area is 202 Å². The highest BCUT2D eigenvalue weighted by molar-refractivity contribution is 6.04. The molecule has 0 spiro atoms. The second kappa shape index (κ2) is 11.1. The standard InChI is InChI=1S/C23H24F6N4O3/c1-36-9-6-30-20(34)18-13-16(4-5-19(18)33-7-2-3-8-33)31-21(35)32-17-11-14(22(24,25)26)10-15(12-17)23(27,28)29/h4-5,10-13H,2-3,6-9H2,1H3,(H,30,34)(H2,31,32,35). The van der Waals surface area contributed by atoms with Gasteiger partial charge in [0.25, 0.3) is 5.91 Å². The highest BCUT2D eigenvalue weighted by Crippen LogP contribution is 2.37. The molecule has 196 valence electrons. The van der Waals surface area contributed by atoms with Crippen LogP contribution >= 0.6 is 0 Å². The Hall–Kier alpha value is -3.48. The average molecular weight is 518 g/mol. The van der Waals surface area contributed by atoms with Gasteiger partial charge in [-0.15, -0.1) is 0 Å². The van der Waals surface area contributed by atoms with Gasteiger partial charge in [-0.1, -0.05) is 0 Å². The van der Waals surface area contributed by atoms with E-state index in [1.165, 1.54) is 19.2 Å². The van der Waals surface area contributed by atoms with Crippen molar-refractivity contribution in [1.29, 1.82) is 0 Å². The number of nitrogens with zero attached hydrogens (tertiary/aromatic N) is 1. The van der Waals surface area contributed by atoms with Crippen molar-refractivity contribution in [2.75, 3.05) is 48.9 Å². The first kappa shape index (κ1) is 27.1. The molecule has 13 heteroatoms. The summed E-state index contributed by atoms with van der Waals surface area (Å²) < 4.78 is 83.4. The predicted molar refractivity (Wildman–Crippen MR) is 121 cm³/mol. The molecule has 1 aliphatic rings. The van der Waals surface area contributed by atoms with Crippen molar-refractivity contribution in [3.05, 3.63) is 53.1 Å².